The van der Waals surface area contributed by atoms with Gasteiger partial charge < -0.3 is 10.1 Å². The van der Waals surface area contributed by atoms with Crippen molar-refractivity contribution in [1.29, 1.82) is 0 Å². The monoisotopic (exact) mass is 268 g/mol. The number of ether oxygens (including phenoxy) is 1. The van der Waals surface area contributed by atoms with E-state index in [1.165, 1.54) is 49.9 Å². The summed E-state index contributed by atoms with van der Waals surface area (Å²) in [5, 5.41) is 6.04. The predicted octanol–water partition coefficient (Wildman–Crippen LogP) is 3.45. The first-order valence-corrected chi connectivity index (χ1v) is 7.56. The Kier molecular flexibility index (Phi) is 4.99. The van der Waals surface area contributed by atoms with Gasteiger partial charge in [-0.2, -0.15) is 0 Å². The van der Waals surface area contributed by atoms with Gasteiger partial charge in [-0.3, -0.25) is 0 Å². The molecule has 1 aliphatic rings. The minimum atomic E-state index is -0.331. The van der Waals surface area contributed by atoms with E-state index in [0.29, 0.717) is 18.3 Å². The van der Waals surface area contributed by atoms with Gasteiger partial charge >= 0.3 is 5.97 Å². The molecule has 0 saturated heterocycles. The molecule has 1 fully saturated rings. The summed E-state index contributed by atoms with van der Waals surface area (Å²) in [5.74, 6) is -0.331. The second-order valence-corrected chi connectivity index (χ2v) is 5.45. The summed E-state index contributed by atoms with van der Waals surface area (Å²) in [6.45, 7) is 2.19. The van der Waals surface area contributed by atoms with E-state index in [-0.39, 0.29) is 5.97 Å². The number of thiazole rings is 1. The van der Waals surface area contributed by atoms with E-state index in [1.54, 1.807) is 12.3 Å². The van der Waals surface area contributed by atoms with Crippen molar-refractivity contribution in [1.82, 2.24) is 4.98 Å². The topological polar surface area (TPSA) is 51.2 Å². The molecular weight excluding hydrogens is 248 g/mol. The Balaban J connectivity index is 1.91. The van der Waals surface area contributed by atoms with Gasteiger partial charge in [-0.15, -0.1) is 11.3 Å². The van der Waals surface area contributed by atoms with E-state index < -0.39 is 0 Å². The molecule has 1 N–H and O–H groups in total. The molecule has 0 aliphatic heterocycles. The van der Waals surface area contributed by atoms with Crippen LogP contribution in [0.5, 0.6) is 0 Å². The highest BCUT2D eigenvalue weighted by atomic mass is 32.1. The zero-order chi connectivity index (χ0) is 12.8. The molecule has 0 amide bonds. The van der Waals surface area contributed by atoms with Crippen LogP contribution in [0.1, 0.15) is 55.9 Å². The van der Waals surface area contributed by atoms with E-state index in [2.05, 4.69) is 10.3 Å². The van der Waals surface area contributed by atoms with Crippen LogP contribution in [-0.4, -0.2) is 23.6 Å². The van der Waals surface area contributed by atoms with Gasteiger partial charge in [-0.25, -0.2) is 9.78 Å². The average molecular weight is 268 g/mol. The Labute approximate surface area is 112 Å². The van der Waals surface area contributed by atoms with Crippen LogP contribution in [0.4, 0.5) is 5.13 Å². The Bertz CT molecular complexity index is 384. The average Bonchev–Trinajstić information content (AvgIpc) is 2.67. The van der Waals surface area contributed by atoms with Crippen molar-refractivity contribution in [3.63, 3.8) is 0 Å². The van der Waals surface area contributed by atoms with Crippen LogP contribution in [0.3, 0.4) is 0 Å². The number of rotatable bonds is 4. The molecule has 1 aliphatic carbocycles. The third-order valence-corrected chi connectivity index (χ3v) is 3.95. The van der Waals surface area contributed by atoms with Gasteiger partial charge in [0.1, 0.15) is 0 Å². The molecule has 5 heteroatoms. The van der Waals surface area contributed by atoms with Gasteiger partial charge in [-0.05, 0) is 19.8 Å². The van der Waals surface area contributed by atoms with Crippen molar-refractivity contribution in [2.24, 2.45) is 0 Å². The van der Waals surface area contributed by atoms with E-state index >= 15 is 0 Å². The smallest absolute Gasteiger partial charge is 0.357 e. The van der Waals surface area contributed by atoms with Gasteiger partial charge in [0.2, 0.25) is 0 Å². The fraction of sp³-hybridized carbons (Fsp3) is 0.692. The Morgan fingerprint density at radius 2 is 2.17 bits per heavy atom. The number of nitrogens with zero attached hydrogens (tertiary/aromatic N) is 1. The highest BCUT2D eigenvalue weighted by Crippen LogP contribution is 2.23. The first-order chi connectivity index (χ1) is 8.79. The molecule has 1 saturated carbocycles. The van der Waals surface area contributed by atoms with E-state index in [9.17, 15) is 4.79 Å². The summed E-state index contributed by atoms with van der Waals surface area (Å²) in [6, 6.07) is 0.508. The number of carbonyl (C=O) groups excluding carboxylic acids is 1. The molecule has 1 heterocycles. The van der Waals surface area contributed by atoms with Crippen LogP contribution in [0, 0.1) is 0 Å². The number of anilines is 1. The Morgan fingerprint density at radius 1 is 1.44 bits per heavy atom. The molecule has 0 radical (unpaired) electrons. The number of hydrogen-bond acceptors (Lipinski definition) is 5. The van der Waals surface area contributed by atoms with Crippen LogP contribution in [0.25, 0.3) is 0 Å². The number of carbonyl (C=O) groups is 1. The molecule has 0 spiro atoms. The quantitative estimate of drug-likeness (QED) is 0.671. The van der Waals surface area contributed by atoms with Crippen molar-refractivity contribution in [3.8, 4) is 0 Å². The van der Waals surface area contributed by atoms with Crippen LogP contribution in [0.15, 0.2) is 5.38 Å². The molecule has 100 valence electrons. The second kappa shape index (κ2) is 6.73. The van der Waals surface area contributed by atoms with E-state index in [1.807, 2.05) is 0 Å². The maximum Gasteiger partial charge on any atom is 0.357 e. The van der Waals surface area contributed by atoms with Crippen LogP contribution in [0.2, 0.25) is 0 Å². The van der Waals surface area contributed by atoms with E-state index in [4.69, 9.17) is 4.74 Å². The van der Waals surface area contributed by atoms with Crippen molar-refractivity contribution in [2.75, 3.05) is 11.9 Å². The van der Waals surface area contributed by atoms with Crippen molar-refractivity contribution in [2.45, 2.75) is 51.5 Å². The van der Waals surface area contributed by atoms with Gasteiger partial charge in [0, 0.05) is 11.4 Å². The van der Waals surface area contributed by atoms with Crippen molar-refractivity contribution in [3.05, 3.63) is 11.1 Å². The van der Waals surface area contributed by atoms with Gasteiger partial charge in [-0.1, -0.05) is 25.7 Å². The van der Waals surface area contributed by atoms with Crippen LogP contribution < -0.4 is 5.32 Å². The first-order valence-electron chi connectivity index (χ1n) is 6.68. The summed E-state index contributed by atoms with van der Waals surface area (Å²) in [6.07, 6.45) is 7.65. The maximum atomic E-state index is 11.5. The van der Waals surface area contributed by atoms with Gasteiger partial charge in [0.25, 0.3) is 0 Å². The fourth-order valence-electron chi connectivity index (χ4n) is 2.24. The van der Waals surface area contributed by atoms with Crippen molar-refractivity contribution >= 4 is 22.4 Å². The lowest BCUT2D eigenvalue weighted by Gasteiger charge is -2.14. The Morgan fingerprint density at radius 3 is 2.83 bits per heavy atom. The summed E-state index contributed by atoms with van der Waals surface area (Å²) in [5.41, 5.74) is 0.415. The molecule has 4 nitrogen and oxygen atoms in total. The zero-order valence-electron chi connectivity index (χ0n) is 10.8. The summed E-state index contributed by atoms with van der Waals surface area (Å²) < 4.78 is 4.93. The lowest BCUT2D eigenvalue weighted by atomic mass is 10.1. The Hall–Kier alpha value is -1.10. The zero-order valence-corrected chi connectivity index (χ0v) is 11.6. The lowest BCUT2D eigenvalue weighted by molar-refractivity contribution is 0.0520. The predicted molar refractivity (Wildman–Crippen MR) is 73.2 cm³/mol. The van der Waals surface area contributed by atoms with Crippen LogP contribution >= 0.6 is 11.3 Å². The maximum absolute atomic E-state index is 11.5. The largest absolute Gasteiger partial charge is 0.461 e. The molecule has 2 rings (SSSR count). The van der Waals surface area contributed by atoms with Crippen molar-refractivity contribution < 1.29 is 9.53 Å². The molecule has 18 heavy (non-hydrogen) atoms. The van der Waals surface area contributed by atoms with Gasteiger partial charge in [0.05, 0.1) is 6.61 Å². The third-order valence-electron chi connectivity index (χ3n) is 3.17. The highest BCUT2D eigenvalue weighted by molar-refractivity contribution is 7.13. The van der Waals surface area contributed by atoms with Gasteiger partial charge in [0.15, 0.2) is 10.8 Å². The standard InChI is InChI=1S/C13H20N2O2S/c1-2-17-12(16)11-9-18-13(15-11)14-10-7-5-3-4-6-8-10/h9-10H,2-8H2,1H3,(H,14,15). The number of aromatic nitrogens is 1. The molecular formula is C13H20N2O2S. The first kappa shape index (κ1) is 13.3. The molecule has 0 unspecified atom stereocenters. The van der Waals surface area contributed by atoms with Crippen LogP contribution in [-0.2, 0) is 4.74 Å². The molecule has 1 aromatic rings. The molecule has 0 bridgehead atoms. The lowest BCUT2D eigenvalue weighted by Crippen LogP contribution is -2.18. The summed E-state index contributed by atoms with van der Waals surface area (Å²) >= 11 is 1.48. The number of hydrogen-bond donors (Lipinski definition) is 1. The number of nitrogens with one attached hydrogen (secondary N) is 1. The molecule has 1 aromatic heterocycles. The normalized spacial score (nSPS) is 17.2. The summed E-state index contributed by atoms with van der Waals surface area (Å²) in [4.78, 5) is 15.8. The minimum absolute atomic E-state index is 0.331. The third kappa shape index (κ3) is 3.70. The number of esters is 1. The minimum Gasteiger partial charge on any atom is -0.461 e. The second-order valence-electron chi connectivity index (χ2n) is 4.59. The fourth-order valence-corrected chi connectivity index (χ4v) is 3.00. The molecule has 0 aromatic carbocycles. The highest BCUT2D eigenvalue weighted by Gasteiger charge is 2.15. The SMILES string of the molecule is CCOC(=O)c1csc(NC2CCCCCC2)n1. The molecule has 0 atom stereocenters. The summed E-state index contributed by atoms with van der Waals surface area (Å²) in [7, 11) is 0. The van der Waals surface area contributed by atoms with E-state index in [0.717, 1.165) is 5.13 Å².